The number of halogens is 3. The molecule has 0 aromatic heterocycles. The number of aliphatic hydroxyl groups is 1. The molecule has 0 spiro atoms. The summed E-state index contributed by atoms with van der Waals surface area (Å²) in [6, 6.07) is 0.380. The number of hydrogen-bond acceptors (Lipinski definition) is 3. The Balaban J connectivity index is 1.77. The number of alkyl halides is 3. The number of β-amino-alcohol motifs (C(OH)–C–C–N with tert-alkyl or cyclic N) is 1. The molecule has 6 heteroatoms. The fourth-order valence-electron chi connectivity index (χ4n) is 2.91. The molecule has 2 rings (SSSR count). The average molecular weight is 266 g/mol. The summed E-state index contributed by atoms with van der Waals surface area (Å²) in [5.41, 5.74) is 0. The Hall–Kier alpha value is -0.330. The highest BCUT2D eigenvalue weighted by atomic mass is 19.4. The number of nitrogens with zero attached hydrogens (tertiary/aromatic N) is 2. The van der Waals surface area contributed by atoms with Crippen molar-refractivity contribution < 1.29 is 18.3 Å². The van der Waals surface area contributed by atoms with Gasteiger partial charge in [0.25, 0.3) is 0 Å². The van der Waals surface area contributed by atoms with Crippen molar-refractivity contribution in [3.8, 4) is 0 Å². The number of aliphatic hydroxyl groups excluding tert-OH is 1. The molecule has 1 N–H and O–H groups in total. The summed E-state index contributed by atoms with van der Waals surface area (Å²) in [6.45, 7) is 3.18. The lowest BCUT2D eigenvalue weighted by molar-refractivity contribution is -0.207. The van der Waals surface area contributed by atoms with Crippen molar-refractivity contribution in [2.24, 2.45) is 0 Å². The van der Waals surface area contributed by atoms with E-state index in [1.165, 1.54) is 19.3 Å². The fourth-order valence-corrected chi connectivity index (χ4v) is 2.91. The maximum atomic E-state index is 12.3. The van der Waals surface area contributed by atoms with Gasteiger partial charge in [-0.05, 0) is 38.9 Å². The van der Waals surface area contributed by atoms with Gasteiger partial charge in [0.05, 0.1) is 0 Å². The predicted molar refractivity (Wildman–Crippen MR) is 62.3 cm³/mol. The molecule has 2 fully saturated rings. The zero-order chi connectivity index (χ0) is 13.2. The van der Waals surface area contributed by atoms with Crippen LogP contribution >= 0.6 is 0 Å². The zero-order valence-electron chi connectivity index (χ0n) is 10.5. The van der Waals surface area contributed by atoms with Gasteiger partial charge in [0.1, 0.15) is 0 Å². The van der Waals surface area contributed by atoms with Crippen LogP contribution < -0.4 is 0 Å². The van der Waals surface area contributed by atoms with E-state index in [0.717, 1.165) is 19.5 Å². The van der Waals surface area contributed by atoms with E-state index in [9.17, 15) is 13.2 Å². The normalized spacial score (nSPS) is 29.7. The highest BCUT2D eigenvalue weighted by Crippen LogP contribution is 2.24. The van der Waals surface area contributed by atoms with E-state index in [1.807, 2.05) is 0 Å². The third kappa shape index (κ3) is 3.59. The number of likely N-dealkylation sites (tertiary alicyclic amines) is 2. The molecule has 0 bridgehead atoms. The Bertz CT molecular complexity index is 267. The van der Waals surface area contributed by atoms with Crippen molar-refractivity contribution in [2.75, 3.05) is 32.7 Å². The quantitative estimate of drug-likeness (QED) is 0.838. The maximum Gasteiger partial charge on any atom is 0.415 e. The first-order chi connectivity index (χ1) is 8.47. The van der Waals surface area contributed by atoms with Crippen LogP contribution in [0, 0.1) is 0 Å². The second-order valence-electron chi connectivity index (χ2n) is 5.36. The molecule has 0 aromatic rings. The monoisotopic (exact) mass is 266 g/mol. The van der Waals surface area contributed by atoms with Crippen LogP contribution in [0.1, 0.15) is 25.7 Å². The number of hydrogen-bond donors (Lipinski definition) is 1. The highest BCUT2D eigenvalue weighted by Gasteiger charge is 2.40. The third-order valence-corrected chi connectivity index (χ3v) is 3.96. The second-order valence-corrected chi connectivity index (χ2v) is 5.36. The molecule has 0 saturated carbocycles. The lowest BCUT2D eigenvalue weighted by Crippen LogP contribution is -2.43. The Kier molecular flexibility index (Phi) is 4.50. The lowest BCUT2D eigenvalue weighted by atomic mass is 10.1. The molecule has 0 aliphatic carbocycles. The highest BCUT2D eigenvalue weighted by molar-refractivity contribution is 4.86. The number of piperidine rings is 1. The van der Waals surface area contributed by atoms with Crippen LogP contribution in [0.3, 0.4) is 0 Å². The average Bonchev–Trinajstić information content (AvgIpc) is 2.77. The first-order valence-corrected chi connectivity index (χ1v) is 6.68. The summed E-state index contributed by atoms with van der Waals surface area (Å²) < 4.78 is 36.8. The van der Waals surface area contributed by atoms with Crippen molar-refractivity contribution in [3.63, 3.8) is 0 Å². The minimum absolute atomic E-state index is 0.284. The third-order valence-electron chi connectivity index (χ3n) is 3.96. The van der Waals surface area contributed by atoms with Gasteiger partial charge in [-0.2, -0.15) is 13.2 Å². The van der Waals surface area contributed by atoms with Crippen LogP contribution in [0.5, 0.6) is 0 Å². The van der Waals surface area contributed by atoms with Gasteiger partial charge in [0.15, 0.2) is 6.10 Å². The van der Waals surface area contributed by atoms with Crippen LogP contribution in [0.4, 0.5) is 13.2 Å². The van der Waals surface area contributed by atoms with Gasteiger partial charge in [0.2, 0.25) is 0 Å². The first-order valence-electron chi connectivity index (χ1n) is 6.68. The zero-order valence-corrected chi connectivity index (χ0v) is 10.5. The van der Waals surface area contributed by atoms with E-state index in [-0.39, 0.29) is 6.54 Å². The van der Waals surface area contributed by atoms with Crippen molar-refractivity contribution in [1.29, 1.82) is 0 Å². The summed E-state index contributed by atoms with van der Waals surface area (Å²) in [6.07, 6.45) is -2.13. The molecule has 2 heterocycles. The Morgan fingerprint density at radius 3 is 2.39 bits per heavy atom. The molecular weight excluding hydrogens is 245 g/mol. The van der Waals surface area contributed by atoms with Gasteiger partial charge in [-0.25, -0.2) is 0 Å². The largest absolute Gasteiger partial charge is 0.415 e. The summed E-state index contributed by atoms with van der Waals surface area (Å²) in [5.74, 6) is 0. The molecule has 0 radical (unpaired) electrons. The van der Waals surface area contributed by atoms with Crippen molar-refractivity contribution >= 4 is 0 Å². The molecule has 0 amide bonds. The molecule has 2 atom stereocenters. The Morgan fingerprint density at radius 1 is 1.11 bits per heavy atom. The molecule has 3 nitrogen and oxygen atoms in total. The maximum absolute atomic E-state index is 12.3. The van der Waals surface area contributed by atoms with E-state index in [0.29, 0.717) is 19.1 Å². The van der Waals surface area contributed by atoms with E-state index in [2.05, 4.69) is 4.90 Å². The molecule has 2 saturated heterocycles. The minimum atomic E-state index is -4.50. The topological polar surface area (TPSA) is 26.7 Å². The van der Waals surface area contributed by atoms with Gasteiger partial charge >= 0.3 is 6.18 Å². The lowest BCUT2D eigenvalue weighted by Gasteiger charge is -2.32. The standard InChI is InChI=1S/C12H21F3N2O/c13-12(14,15)11(18)9-16-7-4-10(8-16)17-5-2-1-3-6-17/h10-11,18H,1-9H2. The van der Waals surface area contributed by atoms with Gasteiger partial charge in [-0.3, -0.25) is 9.80 Å². The molecular formula is C12H21F3N2O. The van der Waals surface area contributed by atoms with Crippen LogP contribution in [0.2, 0.25) is 0 Å². The molecule has 2 unspecified atom stereocenters. The van der Waals surface area contributed by atoms with E-state index in [1.54, 1.807) is 4.90 Å². The van der Waals surface area contributed by atoms with Crippen molar-refractivity contribution in [1.82, 2.24) is 9.80 Å². The van der Waals surface area contributed by atoms with Crippen molar-refractivity contribution in [2.45, 2.75) is 44.0 Å². The van der Waals surface area contributed by atoms with Gasteiger partial charge in [-0.15, -0.1) is 0 Å². The van der Waals surface area contributed by atoms with E-state index >= 15 is 0 Å². The van der Waals surface area contributed by atoms with Crippen LogP contribution in [0.15, 0.2) is 0 Å². The summed E-state index contributed by atoms with van der Waals surface area (Å²) >= 11 is 0. The first kappa shape index (κ1) is 14.1. The number of rotatable bonds is 3. The minimum Gasteiger partial charge on any atom is -0.382 e. The summed E-state index contributed by atoms with van der Waals surface area (Å²) in [7, 11) is 0. The van der Waals surface area contributed by atoms with Crippen LogP contribution in [-0.4, -0.2) is 66.0 Å². The van der Waals surface area contributed by atoms with E-state index < -0.39 is 12.3 Å². The second kappa shape index (κ2) is 5.75. The molecule has 2 aliphatic heterocycles. The van der Waals surface area contributed by atoms with Crippen LogP contribution in [0.25, 0.3) is 0 Å². The Labute approximate surface area is 106 Å². The molecule has 0 aromatic carbocycles. The molecule has 18 heavy (non-hydrogen) atoms. The van der Waals surface area contributed by atoms with Gasteiger partial charge in [0, 0.05) is 19.1 Å². The van der Waals surface area contributed by atoms with E-state index in [4.69, 9.17) is 5.11 Å². The van der Waals surface area contributed by atoms with Gasteiger partial charge < -0.3 is 5.11 Å². The SMILES string of the molecule is OC(CN1CCC(N2CCCCC2)C1)C(F)(F)F. The summed E-state index contributed by atoms with van der Waals surface area (Å²) in [4.78, 5) is 4.13. The molecule has 2 aliphatic rings. The van der Waals surface area contributed by atoms with Crippen molar-refractivity contribution in [3.05, 3.63) is 0 Å². The van der Waals surface area contributed by atoms with Gasteiger partial charge in [-0.1, -0.05) is 6.42 Å². The smallest absolute Gasteiger partial charge is 0.382 e. The fraction of sp³-hybridized carbons (Fsp3) is 1.00. The predicted octanol–water partition coefficient (Wildman–Crippen LogP) is 1.47. The van der Waals surface area contributed by atoms with Crippen LogP contribution in [-0.2, 0) is 0 Å². The molecule has 106 valence electrons. The Morgan fingerprint density at radius 2 is 1.78 bits per heavy atom. The summed E-state index contributed by atoms with van der Waals surface area (Å²) in [5, 5.41) is 9.06.